The van der Waals surface area contributed by atoms with Crippen LogP contribution in [0.15, 0.2) is 18.2 Å². The summed E-state index contributed by atoms with van der Waals surface area (Å²) in [5, 5.41) is 18.1. The van der Waals surface area contributed by atoms with E-state index in [1.165, 1.54) is 0 Å². The van der Waals surface area contributed by atoms with E-state index < -0.39 is 17.9 Å². The number of aromatic carboxylic acids is 2. The molecule has 1 aromatic rings. The maximum absolute atomic E-state index is 12.3. The first-order chi connectivity index (χ1) is 10.9. The number of hydrogen-bond donors (Lipinski definition) is 2. The number of carboxylic acids is 2. The van der Waals surface area contributed by atoms with Gasteiger partial charge in [-0.15, -0.1) is 0 Å². The normalized spacial score (nSPS) is 11.7. The van der Waals surface area contributed by atoms with Crippen molar-refractivity contribution in [3.8, 4) is 0 Å². The largest absolute Gasteiger partial charge is 0.478 e. The van der Waals surface area contributed by atoms with Gasteiger partial charge in [-0.3, -0.25) is 0 Å². The zero-order chi connectivity index (χ0) is 17.4. The molecule has 1 unspecified atom stereocenters. The molecule has 0 aliphatic heterocycles. The van der Waals surface area contributed by atoms with Crippen molar-refractivity contribution >= 4 is 17.9 Å². The van der Waals surface area contributed by atoms with Gasteiger partial charge in [0, 0.05) is 0 Å². The summed E-state index contributed by atoms with van der Waals surface area (Å²) >= 11 is 0. The Balaban J connectivity index is 2.97. The molecule has 0 amide bonds. The number of ether oxygens (including phenoxy) is 1. The predicted molar refractivity (Wildman–Crippen MR) is 84.0 cm³/mol. The van der Waals surface area contributed by atoms with Crippen molar-refractivity contribution in [1.82, 2.24) is 0 Å². The van der Waals surface area contributed by atoms with E-state index in [-0.39, 0.29) is 22.8 Å². The van der Waals surface area contributed by atoms with E-state index in [9.17, 15) is 14.4 Å². The number of hydrogen-bond acceptors (Lipinski definition) is 4. The number of unbranched alkanes of at least 4 members (excludes halogenated alkanes) is 2. The van der Waals surface area contributed by atoms with Gasteiger partial charge in [-0.1, -0.05) is 26.7 Å². The Kier molecular flexibility index (Phi) is 7.25. The molecule has 0 radical (unpaired) electrons. The SMILES string of the molecule is CCCCCC(CC)OC(=O)c1cc(C(=O)O)ccc1C(=O)O. The topological polar surface area (TPSA) is 101 Å². The minimum absolute atomic E-state index is 0.152. The lowest BCUT2D eigenvalue weighted by atomic mass is 10.0. The summed E-state index contributed by atoms with van der Waals surface area (Å²) in [6.45, 7) is 3.96. The fourth-order valence-corrected chi connectivity index (χ4v) is 2.22. The van der Waals surface area contributed by atoms with E-state index in [1.807, 2.05) is 6.92 Å². The number of carbonyl (C=O) groups excluding carboxylic acids is 1. The molecule has 1 atom stereocenters. The number of benzene rings is 1. The molecule has 0 aliphatic carbocycles. The second kappa shape index (κ2) is 8.92. The Morgan fingerprint density at radius 2 is 1.74 bits per heavy atom. The minimum Gasteiger partial charge on any atom is -0.478 e. The first-order valence-corrected chi connectivity index (χ1v) is 7.72. The standard InChI is InChI=1S/C17H22O6/c1-3-5-6-7-12(4-2)23-17(22)14-10-11(15(18)19)8-9-13(14)16(20)21/h8-10,12H,3-7H2,1-2H3,(H,18,19)(H,20,21). The Hall–Kier alpha value is -2.37. The Morgan fingerprint density at radius 1 is 1.04 bits per heavy atom. The third kappa shape index (κ3) is 5.39. The Morgan fingerprint density at radius 3 is 2.26 bits per heavy atom. The molecule has 0 saturated heterocycles. The molecule has 0 aliphatic rings. The summed E-state index contributed by atoms with van der Waals surface area (Å²) in [5.74, 6) is -3.33. The van der Waals surface area contributed by atoms with Crippen LogP contribution in [0.1, 0.15) is 77.0 Å². The summed E-state index contributed by atoms with van der Waals surface area (Å²) in [6, 6.07) is 3.31. The van der Waals surface area contributed by atoms with Crippen LogP contribution in [0.25, 0.3) is 0 Å². The van der Waals surface area contributed by atoms with Crippen molar-refractivity contribution in [2.24, 2.45) is 0 Å². The first-order valence-electron chi connectivity index (χ1n) is 7.72. The van der Waals surface area contributed by atoms with Crippen molar-refractivity contribution in [1.29, 1.82) is 0 Å². The first kappa shape index (κ1) is 18.7. The molecule has 126 valence electrons. The van der Waals surface area contributed by atoms with Crippen molar-refractivity contribution in [2.75, 3.05) is 0 Å². The molecular formula is C17H22O6. The predicted octanol–water partition coefficient (Wildman–Crippen LogP) is 3.60. The zero-order valence-electron chi connectivity index (χ0n) is 13.4. The lowest BCUT2D eigenvalue weighted by molar-refractivity contribution is 0.0262. The fraction of sp³-hybridized carbons (Fsp3) is 0.471. The van der Waals surface area contributed by atoms with Gasteiger partial charge in [0.15, 0.2) is 0 Å². The lowest BCUT2D eigenvalue weighted by Crippen LogP contribution is -2.20. The molecule has 0 aromatic heterocycles. The van der Waals surface area contributed by atoms with E-state index in [2.05, 4.69) is 6.92 Å². The molecule has 0 fully saturated rings. The molecule has 0 saturated carbocycles. The van der Waals surface area contributed by atoms with Crippen LogP contribution in [-0.4, -0.2) is 34.2 Å². The van der Waals surface area contributed by atoms with Crippen LogP contribution in [0.3, 0.4) is 0 Å². The van der Waals surface area contributed by atoms with E-state index in [4.69, 9.17) is 14.9 Å². The third-order valence-electron chi connectivity index (χ3n) is 3.58. The van der Waals surface area contributed by atoms with E-state index in [0.29, 0.717) is 12.8 Å². The monoisotopic (exact) mass is 322 g/mol. The zero-order valence-corrected chi connectivity index (χ0v) is 13.4. The van der Waals surface area contributed by atoms with Crippen LogP contribution in [0.5, 0.6) is 0 Å². The van der Waals surface area contributed by atoms with Crippen LogP contribution >= 0.6 is 0 Å². The highest BCUT2D eigenvalue weighted by Gasteiger charge is 2.22. The van der Waals surface area contributed by atoms with Gasteiger partial charge in [0.25, 0.3) is 0 Å². The van der Waals surface area contributed by atoms with Crippen molar-refractivity contribution in [3.63, 3.8) is 0 Å². The molecule has 6 heteroatoms. The summed E-state index contributed by atoms with van der Waals surface area (Å²) < 4.78 is 5.36. The summed E-state index contributed by atoms with van der Waals surface area (Å²) in [5.41, 5.74) is -0.643. The Labute approximate surface area is 135 Å². The smallest absolute Gasteiger partial charge is 0.339 e. The van der Waals surface area contributed by atoms with Crippen molar-refractivity contribution in [2.45, 2.75) is 52.1 Å². The molecule has 6 nitrogen and oxygen atoms in total. The third-order valence-corrected chi connectivity index (χ3v) is 3.58. The average Bonchev–Trinajstić information content (AvgIpc) is 2.53. The fourth-order valence-electron chi connectivity index (χ4n) is 2.22. The van der Waals surface area contributed by atoms with Crippen LogP contribution in [0.2, 0.25) is 0 Å². The number of carboxylic acid groups (broad SMARTS) is 2. The maximum atomic E-state index is 12.3. The second-order valence-corrected chi connectivity index (χ2v) is 5.30. The van der Waals surface area contributed by atoms with E-state index in [0.717, 1.165) is 37.5 Å². The molecular weight excluding hydrogens is 300 g/mol. The van der Waals surface area contributed by atoms with Gasteiger partial charge < -0.3 is 14.9 Å². The van der Waals surface area contributed by atoms with Crippen molar-refractivity contribution in [3.05, 3.63) is 34.9 Å². The van der Waals surface area contributed by atoms with Crippen molar-refractivity contribution < 1.29 is 29.3 Å². The minimum atomic E-state index is -1.30. The summed E-state index contributed by atoms with van der Waals surface area (Å²) in [4.78, 5) is 34.5. The molecule has 0 heterocycles. The maximum Gasteiger partial charge on any atom is 0.339 e. The second-order valence-electron chi connectivity index (χ2n) is 5.30. The van der Waals surface area contributed by atoms with Gasteiger partial charge in [0.05, 0.1) is 16.7 Å². The van der Waals surface area contributed by atoms with Gasteiger partial charge in [-0.25, -0.2) is 14.4 Å². The highest BCUT2D eigenvalue weighted by molar-refractivity contribution is 6.04. The highest BCUT2D eigenvalue weighted by atomic mass is 16.5. The van der Waals surface area contributed by atoms with Crippen LogP contribution in [0, 0.1) is 0 Å². The summed E-state index contributed by atoms with van der Waals surface area (Å²) in [7, 11) is 0. The summed E-state index contributed by atoms with van der Waals surface area (Å²) in [6.07, 6.45) is 4.03. The lowest BCUT2D eigenvalue weighted by Gasteiger charge is -2.17. The molecule has 2 N–H and O–H groups in total. The quantitative estimate of drug-likeness (QED) is 0.532. The number of esters is 1. The highest BCUT2D eigenvalue weighted by Crippen LogP contribution is 2.18. The molecule has 1 aromatic carbocycles. The van der Waals surface area contributed by atoms with E-state index >= 15 is 0 Å². The average molecular weight is 322 g/mol. The molecule has 0 spiro atoms. The van der Waals surface area contributed by atoms with Crippen LogP contribution in [0.4, 0.5) is 0 Å². The molecule has 23 heavy (non-hydrogen) atoms. The van der Waals surface area contributed by atoms with Gasteiger partial charge in [-0.05, 0) is 37.5 Å². The van der Waals surface area contributed by atoms with Crippen LogP contribution < -0.4 is 0 Å². The van der Waals surface area contributed by atoms with Gasteiger partial charge >= 0.3 is 17.9 Å². The van der Waals surface area contributed by atoms with Crippen LogP contribution in [-0.2, 0) is 4.74 Å². The molecule has 1 rings (SSSR count). The Bertz CT molecular complexity index is 578. The number of rotatable bonds is 9. The van der Waals surface area contributed by atoms with Gasteiger partial charge in [-0.2, -0.15) is 0 Å². The van der Waals surface area contributed by atoms with E-state index in [1.54, 1.807) is 0 Å². The number of carbonyl (C=O) groups is 3. The molecule has 0 bridgehead atoms. The van der Waals surface area contributed by atoms with Gasteiger partial charge in [0.1, 0.15) is 6.10 Å². The van der Waals surface area contributed by atoms with Gasteiger partial charge in [0.2, 0.25) is 0 Å².